The lowest BCUT2D eigenvalue weighted by Gasteiger charge is -2.36. The Morgan fingerprint density at radius 3 is 2.71 bits per heavy atom. The molecule has 4 N–H and O–H groups in total. The molecule has 0 radical (unpaired) electrons. The van der Waals surface area contributed by atoms with Crippen molar-refractivity contribution in [2.45, 2.75) is 46.5 Å². The van der Waals surface area contributed by atoms with Crippen LogP contribution in [0.4, 0.5) is 15.5 Å². The Balaban J connectivity index is 1.82. The Morgan fingerprint density at radius 1 is 1.32 bits per heavy atom. The van der Waals surface area contributed by atoms with Crippen LogP contribution in [0.3, 0.4) is 0 Å². The number of hydrogen-bond donors (Lipinski definition) is 3. The van der Waals surface area contributed by atoms with Gasteiger partial charge in [-0.1, -0.05) is 44.9 Å². The zero-order valence-corrected chi connectivity index (χ0v) is 18.0. The van der Waals surface area contributed by atoms with E-state index in [4.69, 9.17) is 17.3 Å². The maximum absolute atomic E-state index is 12.4. The van der Waals surface area contributed by atoms with Crippen LogP contribution in [0.15, 0.2) is 24.3 Å². The average Bonchev–Trinajstić information content (AvgIpc) is 2.98. The lowest BCUT2D eigenvalue weighted by atomic mass is 9.69. The minimum absolute atomic E-state index is 0.242. The van der Waals surface area contributed by atoms with Gasteiger partial charge in [0.15, 0.2) is 0 Å². The summed E-state index contributed by atoms with van der Waals surface area (Å²) in [5.41, 5.74) is 7.93. The van der Waals surface area contributed by atoms with E-state index < -0.39 is 11.9 Å². The fourth-order valence-corrected chi connectivity index (χ4v) is 5.24. The number of rotatable bonds is 5. The molecule has 1 unspecified atom stereocenters. The molecular weight excluding hydrogens is 394 g/mol. The fraction of sp³-hybridized carbons (Fsp3) is 0.429. The average molecular weight is 420 g/mol. The van der Waals surface area contributed by atoms with Gasteiger partial charge in [-0.3, -0.25) is 10.1 Å². The van der Waals surface area contributed by atoms with Crippen LogP contribution in [0.25, 0.3) is 0 Å². The van der Waals surface area contributed by atoms with Gasteiger partial charge < -0.3 is 11.1 Å². The van der Waals surface area contributed by atoms with Crippen LogP contribution in [0.5, 0.6) is 0 Å². The van der Waals surface area contributed by atoms with Gasteiger partial charge in [0.25, 0.3) is 5.91 Å². The summed E-state index contributed by atoms with van der Waals surface area (Å²) in [6, 6.07) is 6.47. The van der Waals surface area contributed by atoms with Gasteiger partial charge in [0.2, 0.25) is 0 Å². The molecule has 1 aliphatic carbocycles. The quantitative estimate of drug-likeness (QED) is 0.581. The van der Waals surface area contributed by atoms with Gasteiger partial charge in [0.05, 0.1) is 5.56 Å². The highest BCUT2D eigenvalue weighted by Gasteiger charge is 2.35. The number of hydrogen-bond acceptors (Lipinski definition) is 3. The van der Waals surface area contributed by atoms with Crippen molar-refractivity contribution >= 4 is 45.6 Å². The number of primary amides is 1. The molecule has 0 bridgehead atoms. The van der Waals surface area contributed by atoms with E-state index in [9.17, 15) is 9.59 Å². The highest BCUT2D eigenvalue weighted by Crippen LogP contribution is 2.45. The second kappa shape index (κ2) is 8.13. The van der Waals surface area contributed by atoms with Crippen LogP contribution in [0, 0.1) is 11.3 Å². The maximum atomic E-state index is 12.4. The van der Waals surface area contributed by atoms with Gasteiger partial charge in [-0.15, -0.1) is 11.3 Å². The Morgan fingerprint density at radius 2 is 2.07 bits per heavy atom. The first-order chi connectivity index (χ1) is 13.2. The van der Waals surface area contributed by atoms with Gasteiger partial charge in [0.1, 0.15) is 5.00 Å². The summed E-state index contributed by atoms with van der Waals surface area (Å²) in [5, 5.41) is 6.60. The van der Waals surface area contributed by atoms with E-state index in [1.54, 1.807) is 24.3 Å². The number of carbonyl (C=O) groups excluding carboxylic acids is 2. The van der Waals surface area contributed by atoms with E-state index in [0.29, 0.717) is 27.2 Å². The SMILES string of the molecule is CCC(C)(C)C1CCc2c(sc(NC(=O)Nc3cccc(Cl)c3)c2C(N)=O)C1. The second-order valence-corrected chi connectivity index (χ2v) is 9.49. The monoisotopic (exact) mass is 419 g/mol. The van der Waals surface area contributed by atoms with E-state index in [-0.39, 0.29) is 5.41 Å². The molecule has 0 saturated heterocycles. The van der Waals surface area contributed by atoms with Crippen molar-refractivity contribution in [1.29, 1.82) is 0 Å². The van der Waals surface area contributed by atoms with Crippen molar-refractivity contribution < 1.29 is 9.59 Å². The summed E-state index contributed by atoms with van der Waals surface area (Å²) < 4.78 is 0. The molecule has 0 aliphatic heterocycles. The van der Waals surface area contributed by atoms with Crippen molar-refractivity contribution in [3.8, 4) is 0 Å². The maximum Gasteiger partial charge on any atom is 0.324 e. The van der Waals surface area contributed by atoms with Crippen LogP contribution in [-0.2, 0) is 12.8 Å². The Labute approximate surface area is 174 Å². The smallest absolute Gasteiger partial charge is 0.324 e. The van der Waals surface area contributed by atoms with Crippen LogP contribution in [0.1, 0.15) is 54.4 Å². The van der Waals surface area contributed by atoms with E-state index in [1.165, 1.54) is 11.3 Å². The molecular formula is C21H26ClN3O2S. The molecule has 1 atom stereocenters. The minimum Gasteiger partial charge on any atom is -0.365 e. The second-order valence-electron chi connectivity index (χ2n) is 7.94. The fourth-order valence-electron chi connectivity index (χ4n) is 3.72. The Bertz CT molecular complexity index is 907. The zero-order valence-electron chi connectivity index (χ0n) is 16.4. The highest BCUT2D eigenvalue weighted by molar-refractivity contribution is 7.17. The number of urea groups is 1. The topological polar surface area (TPSA) is 84.2 Å². The van der Waals surface area contributed by atoms with Crippen molar-refractivity contribution in [1.82, 2.24) is 0 Å². The molecule has 2 aromatic rings. The van der Waals surface area contributed by atoms with Gasteiger partial charge in [-0.25, -0.2) is 4.79 Å². The summed E-state index contributed by atoms with van der Waals surface area (Å²) in [6.45, 7) is 6.80. The number of thiophene rings is 1. The Hall–Kier alpha value is -2.05. The first-order valence-electron chi connectivity index (χ1n) is 9.49. The minimum atomic E-state index is -0.497. The van der Waals surface area contributed by atoms with E-state index in [0.717, 1.165) is 36.1 Å². The first kappa shape index (κ1) is 20.7. The summed E-state index contributed by atoms with van der Waals surface area (Å²) in [4.78, 5) is 25.7. The zero-order chi connectivity index (χ0) is 20.5. The van der Waals surface area contributed by atoms with Crippen LogP contribution < -0.4 is 16.4 Å². The van der Waals surface area contributed by atoms with Crippen molar-refractivity contribution in [2.75, 3.05) is 10.6 Å². The lowest BCUT2D eigenvalue weighted by Crippen LogP contribution is -2.29. The van der Waals surface area contributed by atoms with Crippen LogP contribution in [0.2, 0.25) is 5.02 Å². The van der Waals surface area contributed by atoms with Gasteiger partial charge in [0, 0.05) is 15.6 Å². The van der Waals surface area contributed by atoms with Crippen molar-refractivity contribution in [3.63, 3.8) is 0 Å². The number of benzene rings is 1. The molecule has 0 spiro atoms. The molecule has 7 heteroatoms. The number of amides is 3. The molecule has 1 aromatic heterocycles. The normalized spacial score (nSPS) is 16.4. The summed E-state index contributed by atoms with van der Waals surface area (Å²) in [5.74, 6) is 0.0567. The van der Waals surface area contributed by atoms with Gasteiger partial charge in [-0.05, 0) is 54.4 Å². The third kappa shape index (κ3) is 4.33. The Kier molecular flexibility index (Phi) is 6.01. The third-order valence-electron chi connectivity index (χ3n) is 5.84. The van der Waals surface area contributed by atoms with Crippen molar-refractivity contribution in [3.05, 3.63) is 45.3 Å². The molecule has 1 aromatic carbocycles. The summed E-state index contributed by atoms with van der Waals surface area (Å²) >= 11 is 7.42. The van der Waals surface area contributed by atoms with Gasteiger partial charge >= 0.3 is 6.03 Å². The summed E-state index contributed by atoms with van der Waals surface area (Å²) in [7, 11) is 0. The van der Waals surface area contributed by atoms with Crippen molar-refractivity contribution in [2.24, 2.45) is 17.1 Å². The number of anilines is 2. The molecule has 3 rings (SSSR count). The number of nitrogens with two attached hydrogens (primary N) is 1. The highest BCUT2D eigenvalue weighted by atomic mass is 35.5. The van der Waals surface area contributed by atoms with E-state index in [1.807, 2.05) is 0 Å². The standard InChI is InChI=1S/C21H26ClN3O2S/c1-4-21(2,3)12-8-9-15-16(10-12)28-19(17(15)18(23)26)25-20(27)24-14-7-5-6-13(22)11-14/h5-7,11-12H,4,8-10H2,1-3H3,(H2,23,26)(H2,24,25,27). The molecule has 1 aliphatic rings. The molecule has 3 amide bonds. The molecule has 0 fully saturated rings. The summed E-state index contributed by atoms with van der Waals surface area (Å²) in [6.07, 6.45) is 3.86. The molecule has 5 nitrogen and oxygen atoms in total. The lowest BCUT2D eigenvalue weighted by molar-refractivity contribution is 0.1000. The largest absolute Gasteiger partial charge is 0.365 e. The molecule has 150 valence electrons. The third-order valence-corrected chi connectivity index (χ3v) is 7.24. The van der Waals surface area contributed by atoms with Crippen LogP contribution >= 0.6 is 22.9 Å². The van der Waals surface area contributed by atoms with Crippen LogP contribution in [-0.4, -0.2) is 11.9 Å². The molecule has 28 heavy (non-hydrogen) atoms. The van der Waals surface area contributed by atoms with E-state index >= 15 is 0 Å². The molecule has 1 heterocycles. The molecule has 0 saturated carbocycles. The first-order valence-corrected chi connectivity index (χ1v) is 10.7. The predicted octanol–water partition coefficient (Wildman–Crippen LogP) is 5.69. The van der Waals surface area contributed by atoms with Gasteiger partial charge in [-0.2, -0.15) is 0 Å². The number of nitrogens with one attached hydrogen (secondary N) is 2. The number of carbonyl (C=O) groups is 2. The number of halogens is 1. The number of fused-ring (bicyclic) bond motifs is 1. The predicted molar refractivity (Wildman–Crippen MR) is 117 cm³/mol. The van der Waals surface area contributed by atoms with E-state index in [2.05, 4.69) is 31.4 Å².